The maximum Gasteiger partial charge on any atom is 0.336 e. The van der Waals surface area contributed by atoms with E-state index in [0.717, 1.165) is 16.2 Å². The third kappa shape index (κ3) is 2.47. The van der Waals surface area contributed by atoms with Gasteiger partial charge in [0.1, 0.15) is 0 Å². The molecule has 0 fully saturated rings. The molecule has 0 radical (unpaired) electrons. The predicted octanol–water partition coefficient (Wildman–Crippen LogP) is 3.51. The number of carboxylic acid groups (broad SMARTS) is 1. The first-order valence-electron chi connectivity index (χ1n) is 5.26. The van der Waals surface area contributed by atoms with E-state index in [1.54, 1.807) is 18.2 Å². The molecule has 0 saturated carbocycles. The fourth-order valence-electron chi connectivity index (χ4n) is 1.60. The van der Waals surface area contributed by atoms with Gasteiger partial charge in [-0.2, -0.15) is 0 Å². The summed E-state index contributed by atoms with van der Waals surface area (Å²) < 4.78 is 5.38. The fourth-order valence-corrected chi connectivity index (χ4v) is 2.42. The molecule has 0 saturated heterocycles. The summed E-state index contributed by atoms with van der Waals surface area (Å²) in [5.41, 5.74) is 1.92. The molecular weight excluding hydrogens is 236 g/mol. The van der Waals surface area contributed by atoms with Crippen molar-refractivity contribution in [2.45, 2.75) is 6.92 Å². The van der Waals surface area contributed by atoms with Crippen LogP contribution < -0.4 is 4.74 Å². The van der Waals surface area contributed by atoms with Crippen LogP contribution in [0.15, 0.2) is 35.7 Å². The first kappa shape index (κ1) is 11.7. The van der Waals surface area contributed by atoms with Crippen LogP contribution >= 0.6 is 11.3 Å². The van der Waals surface area contributed by atoms with Crippen molar-refractivity contribution >= 4 is 17.3 Å². The Labute approximate surface area is 103 Å². The number of aromatic carboxylic acids is 1. The monoisotopic (exact) mass is 248 g/mol. The summed E-state index contributed by atoms with van der Waals surface area (Å²) >= 11 is 1.47. The summed E-state index contributed by atoms with van der Waals surface area (Å²) in [5, 5.41) is 11.8. The van der Waals surface area contributed by atoms with Crippen LogP contribution in [0.25, 0.3) is 11.1 Å². The Kier molecular flexibility index (Phi) is 3.44. The van der Waals surface area contributed by atoms with Crippen molar-refractivity contribution in [2.24, 2.45) is 0 Å². The van der Waals surface area contributed by atoms with Gasteiger partial charge >= 0.3 is 5.97 Å². The zero-order chi connectivity index (χ0) is 12.3. The molecule has 3 nitrogen and oxygen atoms in total. The van der Waals surface area contributed by atoms with Crippen molar-refractivity contribution in [2.75, 3.05) is 6.61 Å². The molecular formula is C13H12O3S. The SMILES string of the molecule is CCOc1cc(-c2ccccc2C(=O)O)cs1. The molecule has 0 aliphatic rings. The van der Waals surface area contributed by atoms with Gasteiger partial charge in [0, 0.05) is 5.38 Å². The fraction of sp³-hybridized carbons (Fsp3) is 0.154. The molecule has 0 aliphatic heterocycles. The molecule has 1 aromatic heterocycles. The standard InChI is InChI=1S/C13H12O3S/c1-2-16-12-7-9(8-17-12)10-5-3-4-6-11(10)13(14)15/h3-8H,2H2,1H3,(H,14,15). The lowest BCUT2D eigenvalue weighted by molar-refractivity contribution is 0.0697. The minimum atomic E-state index is -0.912. The highest BCUT2D eigenvalue weighted by atomic mass is 32.1. The van der Waals surface area contributed by atoms with Gasteiger partial charge in [-0.1, -0.05) is 18.2 Å². The smallest absolute Gasteiger partial charge is 0.336 e. The molecule has 88 valence electrons. The highest BCUT2D eigenvalue weighted by Crippen LogP contribution is 2.32. The Morgan fingerprint density at radius 1 is 1.41 bits per heavy atom. The van der Waals surface area contributed by atoms with Crippen LogP contribution in [0, 0.1) is 0 Å². The molecule has 2 aromatic rings. The lowest BCUT2D eigenvalue weighted by atomic mass is 10.0. The number of hydrogen-bond acceptors (Lipinski definition) is 3. The van der Waals surface area contributed by atoms with Gasteiger partial charge < -0.3 is 9.84 Å². The van der Waals surface area contributed by atoms with Gasteiger partial charge in [0.25, 0.3) is 0 Å². The van der Waals surface area contributed by atoms with Crippen LogP contribution in [0.4, 0.5) is 0 Å². The first-order chi connectivity index (χ1) is 8.22. The first-order valence-corrected chi connectivity index (χ1v) is 6.14. The Morgan fingerprint density at radius 2 is 2.18 bits per heavy atom. The predicted molar refractivity (Wildman–Crippen MR) is 67.9 cm³/mol. The summed E-state index contributed by atoms with van der Waals surface area (Å²) in [6, 6.07) is 8.84. The van der Waals surface area contributed by atoms with Gasteiger partial charge in [0.2, 0.25) is 0 Å². The number of hydrogen-bond donors (Lipinski definition) is 1. The Balaban J connectivity index is 2.41. The second-order valence-electron chi connectivity index (χ2n) is 3.44. The molecule has 1 N–H and O–H groups in total. The quantitative estimate of drug-likeness (QED) is 0.900. The van der Waals surface area contributed by atoms with Crippen LogP contribution in [0.2, 0.25) is 0 Å². The highest BCUT2D eigenvalue weighted by Gasteiger charge is 2.12. The second-order valence-corrected chi connectivity index (χ2v) is 4.31. The second kappa shape index (κ2) is 5.01. The molecule has 2 rings (SSSR count). The van der Waals surface area contributed by atoms with Gasteiger partial charge in [-0.3, -0.25) is 0 Å². The molecule has 0 amide bonds. The average Bonchev–Trinajstić information content (AvgIpc) is 2.78. The number of rotatable bonds is 4. The lowest BCUT2D eigenvalue weighted by Crippen LogP contribution is -1.98. The molecule has 4 heteroatoms. The summed E-state index contributed by atoms with van der Waals surface area (Å²) in [6.45, 7) is 2.53. The molecule has 0 unspecified atom stereocenters. The van der Waals surface area contributed by atoms with E-state index in [1.165, 1.54) is 11.3 Å². The molecule has 0 aliphatic carbocycles. The Morgan fingerprint density at radius 3 is 2.88 bits per heavy atom. The minimum Gasteiger partial charge on any atom is -0.484 e. The number of benzene rings is 1. The lowest BCUT2D eigenvalue weighted by Gasteiger charge is -2.02. The molecule has 1 heterocycles. The van der Waals surface area contributed by atoms with Crippen molar-refractivity contribution in [1.29, 1.82) is 0 Å². The van der Waals surface area contributed by atoms with Crippen molar-refractivity contribution < 1.29 is 14.6 Å². The van der Waals surface area contributed by atoms with Crippen molar-refractivity contribution in [1.82, 2.24) is 0 Å². The van der Waals surface area contributed by atoms with E-state index >= 15 is 0 Å². The van der Waals surface area contributed by atoms with Crippen molar-refractivity contribution in [3.05, 3.63) is 41.3 Å². The van der Waals surface area contributed by atoms with E-state index in [2.05, 4.69) is 0 Å². The largest absolute Gasteiger partial charge is 0.484 e. The molecule has 0 bridgehead atoms. The van der Waals surface area contributed by atoms with E-state index in [-0.39, 0.29) is 0 Å². The van der Waals surface area contributed by atoms with Crippen LogP contribution in [0.1, 0.15) is 17.3 Å². The molecule has 0 spiro atoms. The average molecular weight is 248 g/mol. The van der Waals surface area contributed by atoms with Crippen LogP contribution in [-0.4, -0.2) is 17.7 Å². The van der Waals surface area contributed by atoms with Crippen molar-refractivity contribution in [3.63, 3.8) is 0 Å². The summed E-state index contributed by atoms with van der Waals surface area (Å²) in [6.07, 6.45) is 0. The number of carbonyl (C=O) groups is 1. The topological polar surface area (TPSA) is 46.5 Å². The third-order valence-corrected chi connectivity index (χ3v) is 3.17. The minimum absolute atomic E-state index is 0.313. The van der Waals surface area contributed by atoms with E-state index in [9.17, 15) is 4.79 Å². The van der Waals surface area contributed by atoms with Gasteiger partial charge in [0.05, 0.1) is 12.2 Å². The van der Waals surface area contributed by atoms with E-state index < -0.39 is 5.97 Å². The maximum atomic E-state index is 11.1. The Bertz CT molecular complexity index is 531. The number of carboxylic acids is 1. The van der Waals surface area contributed by atoms with Gasteiger partial charge in [-0.15, -0.1) is 11.3 Å². The van der Waals surface area contributed by atoms with E-state index in [4.69, 9.17) is 9.84 Å². The van der Waals surface area contributed by atoms with Crippen LogP contribution in [-0.2, 0) is 0 Å². The maximum absolute atomic E-state index is 11.1. The molecule has 17 heavy (non-hydrogen) atoms. The van der Waals surface area contributed by atoms with E-state index in [0.29, 0.717) is 12.2 Å². The summed E-state index contributed by atoms with van der Waals surface area (Å²) in [4.78, 5) is 11.1. The third-order valence-electron chi connectivity index (χ3n) is 2.33. The van der Waals surface area contributed by atoms with Gasteiger partial charge in [-0.05, 0) is 30.2 Å². The summed E-state index contributed by atoms with van der Waals surface area (Å²) in [5.74, 6) is -0.912. The normalized spacial score (nSPS) is 10.2. The van der Waals surface area contributed by atoms with Crippen LogP contribution in [0.5, 0.6) is 5.06 Å². The highest BCUT2D eigenvalue weighted by molar-refractivity contribution is 7.12. The van der Waals surface area contributed by atoms with Crippen molar-refractivity contribution in [3.8, 4) is 16.2 Å². The number of ether oxygens (including phenoxy) is 1. The summed E-state index contributed by atoms with van der Waals surface area (Å²) in [7, 11) is 0. The molecule has 0 atom stereocenters. The molecule has 1 aromatic carbocycles. The zero-order valence-electron chi connectivity index (χ0n) is 9.34. The Hall–Kier alpha value is -1.81. The zero-order valence-corrected chi connectivity index (χ0v) is 10.2. The van der Waals surface area contributed by atoms with E-state index in [1.807, 2.05) is 24.4 Å². The van der Waals surface area contributed by atoms with Crippen LogP contribution in [0.3, 0.4) is 0 Å². The number of thiophene rings is 1. The van der Waals surface area contributed by atoms with Gasteiger partial charge in [0.15, 0.2) is 5.06 Å². The van der Waals surface area contributed by atoms with Gasteiger partial charge in [-0.25, -0.2) is 4.79 Å².